The van der Waals surface area contributed by atoms with E-state index in [-0.39, 0.29) is 24.9 Å². The highest BCUT2D eigenvalue weighted by molar-refractivity contribution is 9.10. The van der Waals surface area contributed by atoms with Gasteiger partial charge in [-0.15, -0.1) is 0 Å². The van der Waals surface area contributed by atoms with Gasteiger partial charge in [0.15, 0.2) is 6.61 Å². The van der Waals surface area contributed by atoms with E-state index in [1.165, 1.54) is 6.07 Å². The van der Waals surface area contributed by atoms with Gasteiger partial charge in [-0.3, -0.25) is 4.79 Å². The molecule has 3 nitrogen and oxygen atoms in total. The van der Waals surface area contributed by atoms with Crippen LogP contribution >= 0.6 is 15.9 Å². The maximum absolute atomic E-state index is 13.5. The first-order valence-electron chi connectivity index (χ1n) is 6.03. The fourth-order valence-electron chi connectivity index (χ4n) is 1.59. The number of carbonyl (C=O) groups excluding carboxylic acids is 1. The molecule has 0 unspecified atom stereocenters. The number of ether oxygens (including phenoxy) is 1. The van der Waals surface area contributed by atoms with Crippen LogP contribution < -0.4 is 10.1 Å². The third-order valence-corrected chi connectivity index (χ3v) is 3.09. The molecule has 0 atom stereocenters. The maximum atomic E-state index is 13.5. The second-order valence-corrected chi connectivity index (χ2v) is 5.03. The first-order chi connectivity index (χ1) is 9.65. The predicted molar refractivity (Wildman–Crippen MR) is 77.9 cm³/mol. The van der Waals surface area contributed by atoms with Gasteiger partial charge in [0, 0.05) is 16.6 Å². The fraction of sp³-hybridized carbons (Fsp3) is 0.133. The van der Waals surface area contributed by atoms with Crippen molar-refractivity contribution in [3.8, 4) is 5.75 Å². The minimum Gasteiger partial charge on any atom is -0.484 e. The number of nitrogens with one attached hydrogen (secondary N) is 1. The number of para-hydroxylation sites is 1. The van der Waals surface area contributed by atoms with Crippen molar-refractivity contribution in [3.05, 3.63) is 64.4 Å². The third kappa shape index (κ3) is 4.35. The molecule has 0 spiro atoms. The van der Waals surface area contributed by atoms with Gasteiger partial charge in [-0.05, 0) is 30.3 Å². The van der Waals surface area contributed by atoms with E-state index in [0.29, 0.717) is 11.3 Å². The number of benzene rings is 2. The highest BCUT2D eigenvalue weighted by Gasteiger charge is 2.06. The standard InChI is InChI=1S/C15H13BrFNO2/c16-12-6-7-14(17)11(8-12)9-18-15(19)10-20-13-4-2-1-3-5-13/h1-8H,9-10H2,(H,18,19). The SMILES string of the molecule is O=C(COc1ccccc1)NCc1cc(Br)ccc1F. The third-order valence-electron chi connectivity index (χ3n) is 2.60. The Labute approximate surface area is 124 Å². The summed E-state index contributed by atoms with van der Waals surface area (Å²) in [6, 6.07) is 13.6. The van der Waals surface area contributed by atoms with Crippen LogP contribution in [0.3, 0.4) is 0 Å². The van der Waals surface area contributed by atoms with Crippen LogP contribution in [0.2, 0.25) is 0 Å². The lowest BCUT2D eigenvalue weighted by atomic mass is 10.2. The zero-order valence-electron chi connectivity index (χ0n) is 10.6. The minimum atomic E-state index is -0.350. The van der Waals surface area contributed by atoms with E-state index < -0.39 is 0 Å². The van der Waals surface area contributed by atoms with Gasteiger partial charge in [-0.25, -0.2) is 4.39 Å². The average molecular weight is 338 g/mol. The van der Waals surface area contributed by atoms with E-state index in [2.05, 4.69) is 21.2 Å². The van der Waals surface area contributed by atoms with Gasteiger partial charge in [-0.2, -0.15) is 0 Å². The van der Waals surface area contributed by atoms with E-state index in [4.69, 9.17) is 4.74 Å². The summed E-state index contributed by atoms with van der Waals surface area (Å²) in [5.74, 6) is -0.0259. The zero-order chi connectivity index (χ0) is 14.4. The van der Waals surface area contributed by atoms with E-state index >= 15 is 0 Å². The highest BCUT2D eigenvalue weighted by Crippen LogP contribution is 2.15. The Kier molecular flexibility index (Phi) is 5.12. The zero-order valence-corrected chi connectivity index (χ0v) is 12.2. The van der Waals surface area contributed by atoms with Crippen molar-refractivity contribution in [1.82, 2.24) is 5.32 Å². The van der Waals surface area contributed by atoms with Crippen LogP contribution in [0.15, 0.2) is 53.0 Å². The summed E-state index contributed by atoms with van der Waals surface area (Å²) in [6.45, 7) is 0.0297. The molecular formula is C15H13BrFNO2. The van der Waals surface area contributed by atoms with Gasteiger partial charge < -0.3 is 10.1 Å². The lowest BCUT2D eigenvalue weighted by molar-refractivity contribution is -0.123. The molecule has 0 fully saturated rings. The van der Waals surface area contributed by atoms with Gasteiger partial charge in [0.25, 0.3) is 5.91 Å². The topological polar surface area (TPSA) is 38.3 Å². The molecule has 1 amide bonds. The summed E-state index contributed by atoms with van der Waals surface area (Å²) in [4.78, 5) is 11.6. The molecule has 2 rings (SSSR count). The second kappa shape index (κ2) is 7.05. The average Bonchev–Trinajstić information content (AvgIpc) is 2.47. The Morgan fingerprint density at radius 1 is 1.20 bits per heavy atom. The van der Waals surface area contributed by atoms with Crippen molar-refractivity contribution in [2.45, 2.75) is 6.54 Å². The number of halogens is 2. The van der Waals surface area contributed by atoms with Crippen LogP contribution in [-0.4, -0.2) is 12.5 Å². The number of carbonyl (C=O) groups is 1. The number of amides is 1. The first kappa shape index (κ1) is 14.5. The van der Waals surface area contributed by atoms with Crippen LogP contribution in [0, 0.1) is 5.82 Å². The molecule has 2 aromatic rings. The lowest BCUT2D eigenvalue weighted by Gasteiger charge is -2.08. The van der Waals surface area contributed by atoms with Crippen molar-refractivity contribution in [1.29, 1.82) is 0 Å². The smallest absolute Gasteiger partial charge is 0.258 e. The van der Waals surface area contributed by atoms with E-state index in [1.54, 1.807) is 24.3 Å². The number of hydrogen-bond donors (Lipinski definition) is 1. The molecule has 0 aliphatic heterocycles. The van der Waals surface area contributed by atoms with E-state index in [0.717, 1.165) is 4.47 Å². The van der Waals surface area contributed by atoms with Gasteiger partial charge in [0.2, 0.25) is 0 Å². The predicted octanol–water partition coefficient (Wildman–Crippen LogP) is 3.28. The molecule has 5 heteroatoms. The van der Waals surface area contributed by atoms with Crippen molar-refractivity contribution >= 4 is 21.8 Å². The van der Waals surface area contributed by atoms with Crippen LogP contribution in [0.5, 0.6) is 5.75 Å². The molecule has 0 bridgehead atoms. The molecule has 0 aromatic heterocycles. The van der Waals surface area contributed by atoms with Gasteiger partial charge in [0.1, 0.15) is 11.6 Å². The Morgan fingerprint density at radius 2 is 1.95 bits per heavy atom. The molecule has 2 aromatic carbocycles. The molecule has 20 heavy (non-hydrogen) atoms. The van der Waals surface area contributed by atoms with Gasteiger partial charge in [-0.1, -0.05) is 34.1 Å². The monoisotopic (exact) mass is 337 g/mol. The second-order valence-electron chi connectivity index (χ2n) is 4.11. The van der Waals surface area contributed by atoms with Gasteiger partial charge in [0.05, 0.1) is 0 Å². The fourth-order valence-corrected chi connectivity index (χ4v) is 2.00. The maximum Gasteiger partial charge on any atom is 0.258 e. The number of rotatable bonds is 5. The number of hydrogen-bond acceptors (Lipinski definition) is 2. The molecule has 0 saturated heterocycles. The van der Waals surface area contributed by atoms with Crippen molar-refractivity contribution in [3.63, 3.8) is 0 Å². The molecule has 0 aliphatic rings. The Hall–Kier alpha value is -1.88. The molecule has 0 radical (unpaired) electrons. The summed E-state index contributed by atoms with van der Waals surface area (Å²) in [6.07, 6.45) is 0. The minimum absolute atomic E-state index is 0.0976. The summed E-state index contributed by atoms with van der Waals surface area (Å²) < 4.78 is 19.5. The summed E-state index contributed by atoms with van der Waals surface area (Å²) in [7, 11) is 0. The van der Waals surface area contributed by atoms with Crippen LogP contribution in [0.25, 0.3) is 0 Å². The van der Waals surface area contributed by atoms with Crippen LogP contribution in [-0.2, 0) is 11.3 Å². The highest BCUT2D eigenvalue weighted by atomic mass is 79.9. The molecule has 0 aliphatic carbocycles. The summed E-state index contributed by atoms with van der Waals surface area (Å²) >= 11 is 3.26. The first-order valence-corrected chi connectivity index (χ1v) is 6.83. The molecule has 1 N–H and O–H groups in total. The molecule has 0 heterocycles. The Morgan fingerprint density at radius 3 is 2.70 bits per heavy atom. The van der Waals surface area contributed by atoms with Crippen LogP contribution in [0.1, 0.15) is 5.56 Å². The largest absolute Gasteiger partial charge is 0.484 e. The Balaban J connectivity index is 1.82. The van der Waals surface area contributed by atoms with Crippen molar-refractivity contribution < 1.29 is 13.9 Å². The summed E-state index contributed by atoms with van der Waals surface area (Å²) in [5, 5.41) is 2.61. The van der Waals surface area contributed by atoms with Crippen molar-refractivity contribution in [2.24, 2.45) is 0 Å². The Bertz CT molecular complexity index is 590. The normalized spacial score (nSPS) is 10.1. The van der Waals surface area contributed by atoms with Crippen molar-refractivity contribution in [2.75, 3.05) is 6.61 Å². The molecule has 0 saturated carbocycles. The molecule has 104 valence electrons. The van der Waals surface area contributed by atoms with E-state index in [9.17, 15) is 9.18 Å². The quantitative estimate of drug-likeness (QED) is 0.909. The lowest BCUT2D eigenvalue weighted by Crippen LogP contribution is -2.28. The van der Waals surface area contributed by atoms with Crippen LogP contribution in [0.4, 0.5) is 4.39 Å². The summed E-state index contributed by atoms with van der Waals surface area (Å²) in [5.41, 5.74) is 0.424. The van der Waals surface area contributed by atoms with Gasteiger partial charge >= 0.3 is 0 Å². The van der Waals surface area contributed by atoms with E-state index in [1.807, 2.05) is 18.2 Å². The molecular weight excluding hydrogens is 325 g/mol.